The first-order chi connectivity index (χ1) is 8.58. The van der Waals surface area contributed by atoms with Gasteiger partial charge in [0.1, 0.15) is 23.4 Å². The summed E-state index contributed by atoms with van der Waals surface area (Å²) in [6.45, 7) is 0. The minimum atomic E-state index is -0.404. The number of halogens is 3. The molecule has 0 N–H and O–H groups in total. The lowest BCUT2D eigenvalue weighted by molar-refractivity contribution is 0.476. The third kappa shape index (κ3) is 3.00. The summed E-state index contributed by atoms with van der Waals surface area (Å²) in [6.07, 6.45) is 0. The molecular weight excluding hydrogens is 321 g/mol. The third-order valence-corrected chi connectivity index (χ3v) is 2.90. The van der Waals surface area contributed by atoms with E-state index in [0.717, 1.165) is 0 Å². The van der Waals surface area contributed by atoms with Gasteiger partial charge >= 0.3 is 0 Å². The number of ether oxygens (including phenoxy) is 1. The molecule has 0 saturated heterocycles. The van der Waals surface area contributed by atoms with E-state index in [2.05, 4.69) is 15.9 Å². The minimum absolute atomic E-state index is 0.297. The average molecular weight is 327 g/mol. The van der Waals surface area contributed by atoms with Gasteiger partial charge in [-0.05, 0) is 24.3 Å². The normalized spacial score (nSPS) is 9.89. The van der Waals surface area contributed by atoms with Crippen molar-refractivity contribution in [1.82, 2.24) is 0 Å². The van der Waals surface area contributed by atoms with E-state index in [4.69, 9.17) is 21.6 Å². The van der Waals surface area contributed by atoms with Gasteiger partial charge in [0.25, 0.3) is 0 Å². The molecule has 2 aromatic carbocycles. The molecule has 2 rings (SSSR count). The Balaban J connectivity index is 2.29. The molecule has 0 radical (unpaired) electrons. The Morgan fingerprint density at radius 3 is 2.56 bits per heavy atom. The van der Waals surface area contributed by atoms with Crippen LogP contribution in [0.1, 0.15) is 5.56 Å². The molecule has 0 spiro atoms. The van der Waals surface area contributed by atoms with Crippen LogP contribution in [0.5, 0.6) is 11.5 Å². The van der Waals surface area contributed by atoms with E-state index in [0.29, 0.717) is 26.6 Å². The number of hydrogen-bond acceptors (Lipinski definition) is 2. The van der Waals surface area contributed by atoms with E-state index < -0.39 is 5.82 Å². The fourth-order valence-corrected chi connectivity index (χ4v) is 2.03. The van der Waals surface area contributed by atoms with E-state index in [1.165, 1.54) is 18.2 Å². The summed E-state index contributed by atoms with van der Waals surface area (Å²) in [5, 5.41) is 9.04. The second kappa shape index (κ2) is 5.38. The topological polar surface area (TPSA) is 33.0 Å². The fraction of sp³-hybridized carbons (Fsp3) is 0. The number of hydrogen-bond donors (Lipinski definition) is 0. The van der Waals surface area contributed by atoms with E-state index in [-0.39, 0.29) is 0 Å². The first-order valence-electron chi connectivity index (χ1n) is 4.92. The van der Waals surface area contributed by atoms with Crippen molar-refractivity contribution in [3.63, 3.8) is 0 Å². The molecule has 0 atom stereocenters. The standard InChI is InChI=1S/C13H6BrClFNO/c14-9-3-10(16)5-12(4-9)18-11-2-1-8(7-17)13(15)6-11/h1-6H. The van der Waals surface area contributed by atoms with Crippen molar-refractivity contribution < 1.29 is 9.13 Å². The van der Waals surface area contributed by atoms with Gasteiger partial charge in [0, 0.05) is 16.6 Å². The summed E-state index contributed by atoms with van der Waals surface area (Å²) >= 11 is 9.05. The molecule has 0 amide bonds. The highest BCUT2D eigenvalue weighted by atomic mass is 79.9. The fourth-order valence-electron chi connectivity index (χ4n) is 1.37. The molecule has 0 aliphatic carbocycles. The molecule has 0 heterocycles. The predicted molar refractivity (Wildman–Crippen MR) is 70.3 cm³/mol. The smallest absolute Gasteiger partial charge is 0.131 e. The maximum absolute atomic E-state index is 13.1. The van der Waals surface area contributed by atoms with Crippen LogP contribution >= 0.6 is 27.5 Å². The summed E-state index contributed by atoms with van der Waals surface area (Å²) in [5.74, 6) is 0.387. The Morgan fingerprint density at radius 2 is 1.94 bits per heavy atom. The van der Waals surface area contributed by atoms with Crippen LogP contribution in [-0.4, -0.2) is 0 Å². The average Bonchev–Trinajstić information content (AvgIpc) is 2.27. The van der Waals surface area contributed by atoms with Gasteiger partial charge in [0.15, 0.2) is 0 Å². The van der Waals surface area contributed by atoms with Crippen molar-refractivity contribution in [3.05, 3.63) is 57.3 Å². The molecule has 0 aliphatic heterocycles. The summed E-state index contributed by atoms with van der Waals surface area (Å²) < 4.78 is 19.2. The molecule has 5 heteroatoms. The predicted octanol–water partition coefficient (Wildman–Crippen LogP) is 4.91. The lowest BCUT2D eigenvalue weighted by Gasteiger charge is -2.07. The molecule has 90 valence electrons. The minimum Gasteiger partial charge on any atom is -0.457 e. The van der Waals surface area contributed by atoms with Crippen LogP contribution in [0.15, 0.2) is 40.9 Å². The number of nitriles is 1. The highest BCUT2D eigenvalue weighted by Gasteiger charge is 2.05. The Kier molecular flexibility index (Phi) is 3.85. The third-order valence-electron chi connectivity index (χ3n) is 2.13. The maximum atomic E-state index is 13.1. The van der Waals surface area contributed by atoms with E-state index in [1.807, 2.05) is 6.07 Å². The molecule has 0 saturated carbocycles. The molecule has 0 fully saturated rings. The van der Waals surface area contributed by atoms with Crippen LogP contribution < -0.4 is 4.74 Å². The van der Waals surface area contributed by atoms with Gasteiger partial charge in [-0.15, -0.1) is 0 Å². The van der Waals surface area contributed by atoms with Gasteiger partial charge in [-0.2, -0.15) is 5.26 Å². The first-order valence-corrected chi connectivity index (χ1v) is 6.09. The Morgan fingerprint density at radius 1 is 1.17 bits per heavy atom. The van der Waals surface area contributed by atoms with Gasteiger partial charge < -0.3 is 4.74 Å². The van der Waals surface area contributed by atoms with E-state index in [1.54, 1.807) is 18.2 Å². The molecule has 18 heavy (non-hydrogen) atoms. The van der Waals surface area contributed by atoms with Crippen LogP contribution in [0.2, 0.25) is 5.02 Å². The van der Waals surface area contributed by atoms with Crippen molar-refractivity contribution in [2.45, 2.75) is 0 Å². The molecule has 0 bridgehead atoms. The number of benzene rings is 2. The van der Waals surface area contributed by atoms with Crippen LogP contribution in [0, 0.1) is 17.1 Å². The molecule has 0 aliphatic rings. The van der Waals surface area contributed by atoms with Gasteiger partial charge in [0.05, 0.1) is 10.6 Å². The highest BCUT2D eigenvalue weighted by Crippen LogP contribution is 2.28. The largest absolute Gasteiger partial charge is 0.457 e. The van der Waals surface area contributed by atoms with Crippen LogP contribution in [0.4, 0.5) is 4.39 Å². The highest BCUT2D eigenvalue weighted by molar-refractivity contribution is 9.10. The molecule has 2 nitrogen and oxygen atoms in total. The summed E-state index contributed by atoms with van der Waals surface area (Å²) in [4.78, 5) is 0. The molecule has 0 aromatic heterocycles. The molecular formula is C13H6BrClFNO. The van der Waals surface area contributed by atoms with Crippen molar-refractivity contribution in [2.24, 2.45) is 0 Å². The van der Waals surface area contributed by atoms with Crippen LogP contribution in [0.3, 0.4) is 0 Å². The zero-order valence-corrected chi connectivity index (χ0v) is 11.3. The van der Waals surface area contributed by atoms with Gasteiger partial charge in [-0.1, -0.05) is 27.5 Å². The lowest BCUT2D eigenvalue weighted by Crippen LogP contribution is -1.87. The van der Waals surface area contributed by atoms with Crippen LogP contribution in [0.25, 0.3) is 0 Å². The van der Waals surface area contributed by atoms with Crippen molar-refractivity contribution in [3.8, 4) is 17.6 Å². The van der Waals surface area contributed by atoms with Gasteiger partial charge in [-0.25, -0.2) is 4.39 Å². The van der Waals surface area contributed by atoms with Gasteiger partial charge in [-0.3, -0.25) is 0 Å². The first kappa shape index (κ1) is 12.9. The Hall–Kier alpha value is -1.57. The Labute approximate surface area is 117 Å². The van der Waals surface area contributed by atoms with Crippen LogP contribution in [-0.2, 0) is 0 Å². The quantitative estimate of drug-likeness (QED) is 0.786. The maximum Gasteiger partial charge on any atom is 0.131 e. The van der Waals surface area contributed by atoms with Crippen molar-refractivity contribution in [2.75, 3.05) is 0 Å². The second-order valence-electron chi connectivity index (χ2n) is 3.46. The monoisotopic (exact) mass is 325 g/mol. The zero-order valence-electron chi connectivity index (χ0n) is 8.95. The number of rotatable bonds is 2. The van der Waals surface area contributed by atoms with E-state index >= 15 is 0 Å². The molecule has 2 aromatic rings. The van der Waals surface area contributed by atoms with E-state index in [9.17, 15) is 4.39 Å². The zero-order chi connectivity index (χ0) is 13.1. The second-order valence-corrected chi connectivity index (χ2v) is 4.78. The number of nitrogens with zero attached hydrogens (tertiary/aromatic N) is 1. The lowest BCUT2D eigenvalue weighted by atomic mass is 10.2. The summed E-state index contributed by atoms with van der Waals surface area (Å²) in [5.41, 5.74) is 0.365. The van der Waals surface area contributed by atoms with Crippen molar-refractivity contribution >= 4 is 27.5 Å². The van der Waals surface area contributed by atoms with Crippen molar-refractivity contribution in [1.29, 1.82) is 5.26 Å². The summed E-state index contributed by atoms with van der Waals surface area (Å²) in [6, 6.07) is 10.8. The molecule has 0 unspecified atom stereocenters. The Bertz CT molecular complexity index is 619. The SMILES string of the molecule is N#Cc1ccc(Oc2cc(F)cc(Br)c2)cc1Cl. The summed E-state index contributed by atoms with van der Waals surface area (Å²) in [7, 11) is 0. The van der Waals surface area contributed by atoms with Gasteiger partial charge in [0.2, 0.25) is 0 Å².